The van der Waals surface area contributed by atoms with Gasteiger partial charge in [-0.05, 0) is 42.3 Å². The first kappa shape index (κ1) is 12.7. The molecule has 1 heterocycles. The van der Waals surface area contributed by atoms with E-state index in [4.69, 9.17) is 16.3 Å². The molecule has 0 unspecified atom stereocenters. The number of nitrogens with zero attached hydrogens (tertiary/aromatic N) is 1. The van der Waals surface area contributed by atoms with Crippen molar-refractivity contribution in [1.82, 2.24) is 4.57 Å². The van der Waals surface area contributed by atoms with Crippen molar-refractivity contribution < 1.29 is 4.74 Å². The van der Waals surface area contributed by atoms with Gasteiger partial charge in [0.15, 0.2) is 0 Å². The van der Waals surface area contributed by atoms with Gasteiger partial charge in [0.2, 0.25) is 0 Å². The fourth-order valence-corrected chi connectivity index (χ4v) is 1.90. The molecule has 4 heteroatoms. The molecule has 0 N–H and O–H groups in total. The minimum atomic E-state index is -0.0334. The summed E-state index contributed by atoms with van der Waals surface area (Å²) in [7, 11) is 1.60. The maximum absolute atomic E-state index is 11.8. The number of hydrogen-bond donors (Lipinski definition) is 0. The van der Waals surface area contributed by atoms with Crippen LogP contribution in [0.1, 0.15) is 11.1 Å². The second-order valence-corrected chi connectivity index (χ2v) is 4.53. The number of methoxy groups -OCH3 is 1. The summed E-state index contributed by atoms with van der Waals surface area (Å²) in [6.07, 6.45) is 1.77. The number of pyridine rings is 1. The lowest BCUT2D eigenvalue weighted by atomic mass is 10.2. The van der Waals surface area contributed by atoms with Gasteiger partial charge in [-0.3, -0.25) is 4.79 Å². The van der Waals surface area contributed by atoms with Crippen LogP contribution < -0.4 is 10.3 Å². The molecule has 0 atom stereocenters. The molecular weight excluding hydrogens is 250 g/mol. The quantitative estimate of drug-likeness (QED) is 0.853. The summed E-state index contributed by atoms with van der Waals surface area (Å²) < 4.78 is 6.77. The van der Waals surface area contributed by atoms with Crippen LogP contribution >= 0.6 is 11.6 Å². The predicted octanol–water partition coefficient (Wildman–Crippen LogP) is 2.87. The number of aryl methyl sites for hydroxylation is 1. The van der Waals surface area contributed by atoms with Gasteiger partial charge in [-0.1, -0.05) is 11.6 Å². The summed E-state index contributed by atoms with van der Waals surface area (Å²) in [6.45, 7) is 2.33. The molecule has 0 amide bonds. The summed E-state index contributed by atoms with van der Waals surface area (Å²) in [4.78, 5) is 11.8. The van der Waals surface area contributed by atoms with Gasteiger partial charge in [0.1, 0.15) is 5.75 Å². The van der Waals surface area contributed by atoms with Crippen LogP contribution in [0.3, 0.4) is 0 Å². The molecule has 0 aliphatic heterocycles. The van der Waals surface area contributed by atoms with Gasteiger partial charge in [0.05, 0.1) is 13.7 Å². The van der Waals surface area contributed by atoms with Crippen LogP contribution in [0.4, 0.5) is 0 Å². The molecule has 1 aromatic heterocycles. The van der Waals surface area contributed by atoms with Crippen molar-refractivity contribution in [3.05, 3.63) is 63.0 Å². The second kappa shape index (κ2) is 5.27. The SMILES string of the molecule is COc1ccc(Cl)c(Cn2ccc(C)cc2=O)c1. The normalized spacial score (nSPS) is 10.4. The van der Waals surface area contributed by atoms with Gasteiger partial charge in [-0.15, -0.1) is 0 Å². The van der Waals surface area contributed by atoms with Gasteiger partial charge >= 0.3 is 0 Å². The lowest BCUT2D eigenvalue weighted by Gasteiger charge is -2.09. The van der Waals surface area contributed by atoms with Crippen molar-refractivity contribution >= 4 is 11.6 Å². The average Bonchev–Trinajstić information content (AvgIpc) is 2.35. The molecule has 94 valence electrons. The van der Waals surface area contributed by atoms with E-state index in [1.807, 2.05) is 19.1 Å². The first-order chi connectivity index (χ1) is 8.60. The largest absolute Gasteiger partial charge is 0.497 e. The monoisotopic (exact) mass is 263 g/mol. The Kier molecular flexibility index (Phi) is 3.72. The lowest BCUT2D eigenvalue weighted by Crippen LogP contribution is -2.19. The van der Waals surface area contributed by atoms with Crippen LogP contribution in [0.2, 0.25) is 5.02 Å². The van der Waals surface area contributed by atoms with Crippen LogP contribution in [-0.2, 0) is 6.54 Å². The van der Waals surface area contributed by atoms with Crippen molar-refractivity contribution in [2.75, 3.05) is 7.11 Å². The highest BCUT2D eigenvalue weighted by Gasteiger charge is 2.04. The first-order valence-corrected chi connectivity index (χ1v) is 5.97. The van der Waals surface area contributed by atoms with E-state index in [0.29, 0.717) is 11.6 Å². The van der Waals surface area contributed by atoms with E-state index in [1.165, 1.54) is 0 Å². The van der Waals surface area contributed by atoms with Gasteiger partial charge in [0, 0.05) is 17.3 Å². The van der Waals surface area contributed by atoms with Gasteiger partial charge in [0.25, 0.3) is 5.56 Å². The zero-order valence-electron chi connectivity index (χ0n) is 10.3. The minimum absolute atomic E-state index is 0.0334. The fourth-order valence-electron chi connectivity index (χ4n) is 1.72. The minimum Gasteiger partial charge on any atom is -0.497 e. The third-order valence-electron chi connectivity index (χ3n) is 2.75. The Morgan fingerprint density at radius 1 is 1.28 bits per heavy atom. The molecule has 0 aliphatic rings. The molecule has 0 bridgehead atoms. The second-order valence-electron chi connectivity index (χ2n) is 4.13. The number of hydrogen-bond acceptors (Lipinski definition) is 2. The smallest absolute Gasteiger partial charge is 0.251 e. The Bertz CT molecular complexity index is 619. The molecule has 2 rings (SSSR count). The Morgan fingerprint density at radius 3 is 2.72 bits per heavy atom. The van der Waals surface area contributed by atoms with E-state index in [2.05, 4.69) is 0 Å². The number of ether oxygens (including phenoxy) is 1. The molecule has 2 aromatic rings. The zero-order chi connectivity index (χ0) is 13.1. The Labute approximate surface area is 111 Å². The number of aromatic nitrogens is 1. The van der Waals surface area contributed by atoms with E-state index in [9.17, 15) is 4.79 Å². The number of benzene rings is 1. The summed E-state index contributed by atoms with van der Waals surface area (Å²) >= 11 is 6.12. The van der Waals surface area contributed by atoms with Crippen LogP contribution in [0.25, 0.3) is 0 Å². The summed E-state index contributed by atoms with van der Waals surface area (Å²) in [5.41, 5.74) is 1.78. The van der Waals surface area contributed by atoms with Crippen molar-refractivity contribution in [3.8, 4) is 5.75 Å². The van der Waals surface area contributed by atoms with E-state index < -0.39 is 0 Å². The Hall–Kier alpha value is -1.74. The maximum atomic E-state index is 11.8. The van der Waals surface area contributed by atoms with Crippen LogP contribution in [0, 0.1) is 6.92 Å². The fraction of sp³-hybridized carbons (Fsp3) is 0.214. The van der Waals surface area contributed by atoms with Crippen molar-refractivity contribution in [2.45, 2.75) is 13.5 Å². The third kappa shape index (κ3) is 2.74. The van der Waals surface area contributed by atoms with E-state index in [0.717, 1.165) is 16.9 Å². The number of halogens is 1. The Morgan fingerprint density at radius 2 is 2.06 bits per heavy atom. The topological polar surface area (TPSA) is 31.2 Å². The van der Waals surface area contributed by atoms with Crippen molar-refractivity contribution in [1.29, 1.82) is 0 Å². The average molecular weight is 264 g/mol. The van der Waals surface area contributed by atoms with Crippen LogP contribution in [0.5, 0.6) is 5.75 Å². The lowest BCUT2D eigenvalue weighted by molar-refractivity contribution is 0.414. The Balaban J connectivity index is 2.36. The molecule has 18 heavy (non-hydrogen) atoms. The van der Waals surface area contributed by atoms with Crippen LogP contribution in [-0.4, -0.2) is 11.7 Å². The van der Waals surface area contributed by atoms with Gasteiger partial charge in [-0.25, -0.2) is 0 Å². The summed E-state index contributed by atoms with van der Waals surface area (Å²) in [6, 6.07) is 8.91. The molecule has 0 radical (unpaired) electrons. The zero-order valence-corrected chi connectivity index (χ0v) is 11.1. The van der Waals surface area contributed by atoms with Crippen molar-refractivity contribution in [2.24, 2.45) is 0 Å². The highest BCUT2D eigenvalue weighted by atomic mass is 35.5. The predicted molar refractivity (Wildman–Crippen MR) is 72.5 cm³/mol. The summed E-state index contributed by atoms with van der Waals surface area (Å²) in [5.74, 6) is 0.731. The van der Waals surface area contributed by atoms with Gasteiger partial charge in [-0.2, -0.15) is 0 Å². The molecule has 0 saturated heterocycles. The van der Waals surface area contributed by atoms with E-state index in [1.54, 1.807) is 36.1 Å². The maximum Gasteiger partial charge on any atom is 0.251 e. The van der Waals surface area contributed by atoms with Crippen molar-refractivity contribution in [3.63, 3.8) is 0 Å². The molecular formula is C14H14ClNO2. The molecule has 0 spiro atoms. The van der Waals surface area contributed by atoms with E-state index >= 15 is 0 Å². The van der Waals surface area contributed by atoms with E-state index in [-0.39, 0.29) is 5.56 Å². The van der Waals surface area contributed by atoms with Gasteiger partial charge < -0.3 is 9.30 Å². The van der Waals surface area contributed by atoms with Crippen LogP contribution in [0.15, 0.2) is 41.3 Å². The number of rotatable bonds is 3. The molecule has 3 nitrogen and oxygen atoms in total. The highest BCUT2D eigenvalue weighted by Crippen LogP contribution is 2.22. The molecule has 0 fully saturated rings. The molecule has 1 aromatic carbocycles. The third-order valence-corrected chi connectivity index (χ3v) is 3.11. The molecule has 0 saturated carbocycles. The summed E-state index contributed by atoms with van der Waals surface area (Å²) in [5, 5.41) is 0.628. The standard InChI is InChI=1S/C14H14ClNO2/c1-10-5-6-16(14(17)7-10)9-11-8-12(18-2)3-4-13(11)15/h3-8H,9H2,1-2H3. The highest BCUT2D eigenvalue weighted by molar-refractivity contribution is 6.31. The first-order valence-electron chi connectivity index (χ1n) is 5.59. The molecule has 0 aliphatic carbocycles.